The lowest BCUT2D eigenvalue weighted by atomic mass is 9.75. The molecule has 0 spiro atoms. The van der Waals surface area contributed by atoms with Gasteiger partial charge in [0.1, 0.15) is 6.29 Å². The Hall–Kier alpha value is -1.63. The fraction of sp³-hybridized carbons (Fsp3) is 0.267. The summed E-state index contributed by atoms with van der Waals surface area (Å²) in [5.41, 5.74) is 2.15. The smallest absolute Gasteiger partial charge is 0.130 e. The minimum atomic E-state index is -0.333. The third-order valence-corrected chi connectivity index (χ3v) is 3.03. The van der Waals surface area contributed by atoms with Crippen LogP contribution in [0.25, 0.3) is 0 Å². The van der Waals surface area contributed by atoms with Gasteiger partial charge in [0.25, 0.3) is 0 Å². The van der Waals surface area contributed by atoms with Crippen LogP contribution < -0.4 is 0 Å². The molecule has 1 aliphatic rings. The van der Waals surface area contributed by atoms with Gasteiger partial charge in [0.2, 0.25) is 0 Å². The van der Waals surface area contributed by atoms with Crippen LogP contribution in [0.4, 0.5) is 0 Å². The number of carbonyl (C=O) groups excluding carboxylic acids is 1. The number of aldehydes is 1. The Balaban J connectivity index is 2.21. The number of rotatable bonds is 3. The molecule has 0 N–H and O–H groups in total. The predicted molar refractivity (Wildman–Crippen MR) is 66.2 cm³/mol. The molecule has 0 heterocycles. The lowest BCUT2D eigenvalue weighted by molar-refractivity contribution is -0.114. The molecular formula is C15H16O. The first-order valence-corrected chi connectivity index (χ1v) is 5.59. The molecule has 1 unspecified atom stereocenters. The third kappa shape index (κ3) is 2.30. The molecule has 1 aromatic carbocycles. The van der Waals surface area contributed by atoms with Gasteiger partial charge in [-0.05, 0) is 25.3 Å². The molecule has 1 aliphatic carbocycles. The van der Waals surface area contributed by atoms with E-state index in [4.69, 9.17) is 0 Å². The van der Waals surface area contributed by atoms with Gasteiger partial charge in [-0.2, -0.15) is 0 Å². The molecule has 0 aliphatic heterocycles. The SMILES string of the molecule is CC1=CC=CC(C=O)(Cc2ccccc2)C1. The topological polar surface area (TPSA) is 17.1 Å². The van der Waals surface area contributed by atoms with Crippen molar-refractivity contribution < 1.29 is 4.79 Å². The summed E-state index contributed by atoms with van der Waals surface area (Å²) in [6, 6.07) is 10.2. The minimum Gasteiger partial charge on any atom is -0.302 e. The van der Waals surface area contributed by atoms with Crippen molar-refractivity contribution in [2.24, 2.45) is 5.41 Å². The highest BCUT2D eigenvalue weighted by Crippen LogP contribution is 2.33. The van der Waals surface area contributed by atoms with E-state index in [-0.39, 0.29) is 5.41 Å². The molecule has 16 heavy (non-hydrogen) atoms. The second kappa shape index (κ2) is 4.48. The molecule has 1 aromatic rings. The van der Waals surface area contributed by atoms with Crippen molar-refractivity contribution in [2.75, 3.05) is 0 Å². The molecule has 1 nitrogen and oxygen atoms in total. The van der Waals surface area contributed by atoms with E-state index in [9.17, 15) is 4.79 Å². The molecule has 0 saturated carbocycles. The predicted octanol–water partition coefficient (Wildman–Crippen LogP) is 3.32. The number of benzene rings is 1. The number of carbonyl (C=O) groups is 1. The van der Waals surface area contributed by atoms with E-state index in [2.05, 4.69) is 25.1 Å². The van der Waals surface area contributed by atoms with Gasteiger partial charge in [-0.15, -0.1) is 0 Å². The Labute approximate surface area is 96.5 Å². The van der Waals surface area contributed by atoms with Crippen molar-refractivity contribution >= 4 is 6.29 Å². The highest BCUT2D eigenvalue weighted by atomic mass is 16.1. The Kier molecular flexibility index (Phi) is 3.04. The van der Waals surface area contributed by atoms with Crippen molar-refractivity contribution in [1.29, 1.82) is 0 Å². The van der Waals surface area contributed by atoms with Crippen molar-refractivity contribution in [1.82, 2.24) is 0 Å². The lowest BCUT2D eigenvalue weighted by Crippen LogP contribution is -2.25. The average molecular weight is 212 g/mol. The summed E-state index contributed by atoms with van der Waals surface area (Å²) >= 11 is 0. The fourth-order valence-electron chi connectivity index (χ4n) is 2.26. The second-order valence-corrected chi connectivity index (χ2v) is 4.56. The van der Waals surface area contributed by atoms with Gasteiger partial charge in [-0.25, -0.2) is 0 Å². The largest absolute Gasteiger partial charge is 0.302 e. The third-order valence-electron chi connectivity index (χ3n) is 3.03. The summed E-state index contributed by atoms with van der Waals surface area (Å²) in [5.74, 6) is 0. The second-order valence-electron chi connectivity index (χ2n) is 4.56. The molecule has 0 amide bonds. The van der Waals surface area contributed by atoms with Gasteiger partial charge < -0.3 is 4.79 Å². The first kappa shape index (κ1) is 10.9. The van der Waals surface area contributed by atoms with Crippen LogP contribution in [0.1, 0.15) is 18.9 Å². The van der Waals surface area contributed by atoms with E-state index < -0.39 is 0 Å². The minimum absolute atomic E-state index is 0.333. The number of hydrogen-bond acceptors (Lipinski definition) is 1. The van der Waals surface area contributed by atoms with Crippen molar-refractivity contribution in [3.63, 3.8) is 0 Å². The van der Waals surface area contributed by atoms with Crippen LogP contribution in [0.3, 0.4) is 0 Å². The van der Waals surface area contributed by atoms with Gasteiger partial charge in [0, 0.05) is 0 Å². The quantitative estimate of drug-likeness (QED) is 0.702. The highest BCUT2D eigenvalue weighted by Gasteiger charge is 2.28. The van der Waals surface area contributed by atoms with Crippen molar-refractivity contribution in [3.8, 4) is 0 Å². The highest BCUT2D eigenvalue weighted by molar-refractivity contribution is 5.65. The summed E-state index contributed by atoms with van der Waals surface area (Å²) in [6.45, 7) is 2.08. The summed E-state index contributed by atoms with van der Waals surface area (Å²) in [5, 5.41) is 0. The summed E-state index contributed by atoms with van der Waals surface area (Å²) in [4.78, 5) is 11.4. The summed E-state index contributed by atoms with van der Waals surface area (Å²) < 4.78 is 0. The molecule has 1 heteroatoms. The zero-order valence-electron chi connectivity index (χ0n) is 9.52. The number of allylic oxidation sites excluding steroid dienone is 4. The van der Waals surface area contributed by atoms with Crippen LogP contribution in [-0.2, 0) is 11.2 Å². The molecule has 0 bridgehead atoms. The van der Waals surface area contributed by atoms with E-state index in [1.165, 1.54) is 11.1 Å². The standard InChI is InChI=1S/C15H16O/c1-13-6-5-9-15(10-13,12-16)11-14-7-3-2-4-8-14/h2-9,12H,10-11H2,1H3. The van der Waals surface area contributed by atoms with Gasteiger partial charge in [-0.3, -0.25) is 0 Å². The first-order valence-electron chi connectivity index (χ1n) is 5.59. The molecule has 0 aromatic heterocycles. The van der Waals surface area contributed by atoms with E-state index in [1.54, 1.807) is 0 Å². The lowest BCUT2D eigenvalue weighted by Gasteiger charge is -2.27. The maximum atomic E-state index is 11.4. The van der Waals surface area contributed by atoms with Crippen LogP contribution in [0.15, 0.2) is 54.1 Å². The van der Waals surface area contributed by atoms with Crippen LogP contribution in [-0.4, -0.2) is 6.29 Å². The van der Waals surface area contributed by atoms with E-state index >= 15 is 0 Å². The molecule has 1 atom stereocenters. The van der Waals surface area contributed by atoms with Crippen LogP contribution in [0.5, 0.6) is 0 Å². The summed E-state index contributed by atoms with van der Waals surface area (Å²) in [7, 11) is 0. The van der Waals surface area contributed by atoms with Gasteiger partial charge >= 0.3 is 0 Å². The molecule has 82 valence electrons. The van der Waals surface area contributed by atoms with Gasteiger partial charge in [0.15, 0.2) is 0 Å². The van der Waals surface area contributed by atoms with E-state index in [1.807, 2.05) is 30.4 Å². The number of hydrogen-bond donors (Lipinski definition) is 0. The Morgan fingerprint density at radius 3 is 2.69 bits per heavy atom. The molecule has 0 fully saturated rings. The van der Waals surface area contributed by atoms with Crippen LogP contribution in [0, 0.1) is 5.41 Å². The monoisotopic (exact) mass is 212 g/mol. The maximum absolute atomic E-state index is 11.4. The normalized spacial score (nSPS) is 23.9. The first-order chi connectivity index (χ1) is 7.74. The maximum Gasteiger partial charge on any atom is 0.130 e. The average Bonchev–Trinajstić information content (AvgIpc) is 2.30. The molecule has 0 saturated heterocycles. The Morgan fingerprint density at radius 1 is 1.31 bits per heavy atom. The van der Waals surface area contributed by atoms with Crippen LogP contribution in [0.2, 0.25) is 0 Å². The molecule has 2 rings (SSSR count). The van der Waals surface area contributed by atoms with Crippen molar-refractivity contribution in [2.45, 2.75) is 19.8 Å². The van der Waals surface area contributed by atoms with E-state index in [0.717, 1.165) is 19.1 Å². The summed E-state index contributed by atoms with van der Waals surface area (Å²) in [6.07, 6.45) is 8.82. The zero-order chi connectivity index (χ0) is 11.4. The fourth-order valence-corrected chi connectivity index (χ4v) is 2.26. The van der Waals surface area contributed by atoms with Crippen LogP contribution >= 0.6 is 0 Å². The Bertz CT molecular complexity index is 428. The van der Waals surface area contributed by atoms with Crippen molar-refractivity contribution in [3.05, 3.63) is 59.7 Å². The Morgan fingerprint density at radius 2 is 2.06 bits per heavy atom. The van der Waals surface area contributed by atoms with E-state index in [0.29, 0.717) is 0 Å². The van der Waals surface area contributed by atoms with Gasteiger partial charge in [0.05, 0.1) is 5.41 Å². The molecule has 0 radical (unpaired) electrons. The molecular weight excluding hydrogens is 196 g/mol. The van der Waals surface area contributed by atoms with Gasteiger partial charge in [-0.1, -0.05) is 54.1 Å². The zero-order valence-corrected chi connectivity index (χ0v) is 9.52.